The van der Waals surface area contributed by atoms with Crippen LogP contribution < -0.4 is 9.47 Å². The Morgan fingerprint density at radius 1 is 1.24 bits per heavy atom. The molecule has 1 fully saturated rings. The summed E-state index contributed by atoms with van der Waals surface area (Å²) in [5.74, 6) is 0.605. The van der Waals surface area contributed by atoms with E-state index in [0.717, 1.165) is 11.8 Å². The van der Waals surface area contributed by atoms with Gasteiger partial charge in [0.2, 0.25) is 6.79 Å². The van der Waals surface area contributed by atoms with Crippen LogP contribution in [0.4, 0.5) is 0 Å². The van der Waals surface area contributed by atoms with Crippen LogP contribution in [0.25, 0.3) is 0 Å². The molecule has 0 bridgehead atoms. The van der Waals surface area contributed by atoms with Gasteiger partial charge in [-0.1, -0.05) is 0 Å². The molecule has 0 radical (unpaired) electrons. The molecule has 25 heavy (non-hydrogen) atoms. The normalized spacial score (nSPS) is 27.3. The average molecular weight is 366 g/mol. The van der Waals surface area contributed by atoms with Gasteiger partial charge in [-0.15, -0.1) is 0 Å². The highest BCUT2D eigenvalue weighted by molar-refractivity contribution is 7.85. The van der Waals surface area contributed by atoms with Crippen molar-refractivity contribution in [2.45, 2.75) is 31.1 Å². The predicted octanol–water partition coefficient (Wildman–Crippen LogP) is 1.58. The molecule has 4 rings (SSSR count). The van der Waals surface area contributed by atoms with Gasteiger partial charge in [-0.05, 0) is 30.5 Å². The maximum absolute atomic E-state index is 12.9. The van der Waals surface area contributed by atoms with Crippen molar-refractivity contribution in [1.29, 1.82) is 0 Å². The molecule has 8 heteroatoms. The lowest BCUT2D eigenvalue weighted by Gasteiger charge is -2.38. The van der Waals surface area contributed by atoms with Gasteiger partial charge in [0.15, 0.2) is 17.3 Å². The molecule has 0 spiro atoms. The minimum atomic E-state index is -3.56. The Morgan fingerprint density at radius 2 is 1.96 bits per heavy atom. The summed E-state index contributed by atoms with van der Waals surface area (Å²) < 4.78 is 38.3. The van der Waals surface area contributed by atoms with Crippen LogP contribution in [0, 0.1) is 5.92 Å². The molecule has 1 aromatic rings. The third-order valence-electron chi connectivity index (χ3n) is 5.43. The SMILES string of the molecule is CS(=O)(=O)OCC[C@]12CCC(=O)C[C@H]1C(=O)c1cc3c(cc12)OCO3. The number of carbonyl (C=O) groups excluding carboxylic acids is 2. The molecule has 0 aromatic heterocycles. The second kappa shape index (κ2) is 5.54. The van der Waals surface area contributed by atoms with Crippen LogP contribution in [0.1, 0.15) is 41.6 Å². The Kier molecular flexibility index (Phi) is 3.66. The van der Waals surface area contributed by atoms with Crippen molar-refractivity contribution >= 4 is 21.7 Å². The molecule has 7 nitrogen and oxygen atoms in total. The molecule has 0 unspecified atom stereocenters. The van der Waals surface area contributed by atoms with E-state index in [-0.39, 0.29) is 31.4 Å². The quantitative estimate of drug-likeness (QED) is 0.747. The van der Waals surface area contributed by atoms with Crippen LogP contribution in [0.5, 0.6) is 11.5 Å². The highest BCUT2D eigenvalue weighted by Gasteiger charge is 2.54. The summed E-state index contributed by atoms with van der Waals surface area (Å²) in [4.78, 5) is 24.9. The standard InChI is InChI=1S/C17H18O7S/c1-25(20,21)24-5-4-17-3-2-10(18)6-13(17)16(19)11-7-14-15(8-12(11)17)23-9-22-14/h7-8,13H,2-6,9H2,1H3/t13-,17-/m0/s1. The van der Waals surface area contributed by atoms with Crippen LogP contribution in [0.3, 0.4) is 0 Å². The van der Waals surface area contributed by atoms with Crippen molar-refractivity contribution in [3.63, 3.8) is 0 Å². The molecule has 0 amide bonds. The topological polar surface area (TPSA) is 96.0 Å². The summed E-state index contributed by atoms with van der Waals surface area (Å²) in [6, 6.07) is 3.49. The van der Waals surface area contributed by atoms with Gasteiger partial charge < -0.3 is 9.47 Å². The second-order valence-electron chi connectivity index (χ2n) is 6.84. The highest BCUT2D eigenvalue weighted by atomic mass is 32.2. The van der Waals surface area contributed by atoms with Crippen LogP contribution in [-0.2, 0) is 24.5 Å². The number of Topliss-reactive ketones (excluding diaryl/α,β-unsaturated/α-hetero) is 2. The third-order valence-corrected chi connectivity index (χ3v) is 6.02. The number of hydrogen-bond donors (Lipinski definition) is 0. The largest absolute Gasteiger partial charge is 0.454 e. The third kappa shape index (κ3) is 2.64. The van der Waals surface area contributed by atoms with Crippen molar-refractivity contribution in [1.82, 2.24) is 0 Å². The number of carbonyl (C=O) groups is 2. The molecule has 2 aliphatic carbocycles. The Hall–Kier alpha value is -1.93. The first-order valence-corrected chi connectivity index (χ1v) is 9.96. The first-order chi connectivity index (χ1) is 11.8. The minimum absolute atomic E-state index is 0.0231. The number of ketones is 2. The lowest BCUT2D eigenvalue weighted by Crippen LogP contribution is -2.40. The molecule has 0 saturated heterocycles. The van der Waals surface area contributed by atoms with Gasteiger partial charge in [0.05, 0.1) is 12.9 Å². The fourth-order valence-corrected chi connectivity index (χ4v) is 4.67. The molecule has 2 atom stereocenters. The molecule has 0 N–H and O–H groups in total. The van der Waals surface area contributed by atoms with Crippen molar-refractivity contribution in [2.75, 3.05) is 19.7 Å². The Bertz CT molecular complexity index is 873. The fraction of sp³-hybridized carbons (Fsp3) is 0.529. The summed E-state index contributed by atoms with van der Waals surface area (Å²) in [6.45, 7) is 0.0865. The maximum Gasteiger partial charge on any atom is 0.264 e. The van der Waals surface area contributed by atoms with E-state index in [1.807, 2.05) is 6.07 Å². The summed E-state index contributed by atoms with van der Waals surface area (Å²) in [6.07, 6.45) is 2.41. The van der Waals surface area contributed by atoms with Gasteiger partial charge in [0.1, 0.15) is 5.78 Å². The van der Waals surface area contributed by atoms with Crippen LogP contribution in [0.15, 0.2) is 12.1 Å². The minimum Gasteiger partial charge on any atom is -0.454 e. The van der Waals surface area contributed by atoms with E-state index in [4.69, 9.17) is 13.7 Å². The molecule has 1 aliphatic heterocycles. The van der Waals surface area contributed by atoms with Gasteiger partial charge >= 0.3 is 0 Å². The fourth-order valence-electron chi connectivity index (χ4n) is 4.28. The Morgan fingerprint density at radius 3 is 2.68 bits per heavy atom. The number of hydrogen-bond acceptors (Lipinski definition) is 7. The van der Waals surface area contributed by atoms with Crippen LogP contribution >= 0.6 is 0 Å². The lowest BCUT2D eigenvalue weighted by atomic mass is 9.64. The first-order valence-electron chi connectivity index (χ1n) is 8.15. The summed E-state index contributed by atoms with van der Waals surface area (Å²) >= 11 is 0. The van der Waals surface area contributed by atoms with Crippen molar-refractivity contribution < 1.29 is 31.7 Å². The monoisotopic (exact) mass is 366 g/mol. The second-order valence-corrected chi connectivity index (χ2v) is 8.49. The average Bonchev–Trinajstić information content (AvgIpc) is 3.08. The summed E-state index contributed by atoms with van der Waals surface area (Å²) in [5, 5.41) is 0. The van der Waals surface area contributed by atoms with Gasteiger partial charge in [0, 0.05) is 29.7 Å². The van der Waals surface area contributed by atoms with Crippen molar-refractivity contribution in [3.8, 4) is 11.5 Å². The highest BCUT2D eigenvalue weighted by Crippen LogP contribution is 2.55. The zero-order chi connectivity index (χ0) is 17.8. The van der Waals surface area contributed by atoms with Crippen molar-refractivity contribution in [2.24, 2.45) is 5.92 Å². The Labute approximate surface area is 145 Å². The molecular formula is C17H18O7S. The molecular weight excluding hydrogens is 348 g/mol. The maximum atomic E-state index is 12.9. The first kappa shape index (κ1) is 16.5. The number of benzene rings is 1. The van der Waals surface area contributed by atoms with E-state index in [9.17, 15) is 18.0 Å². The van der Waals surface area contributed by atoms with Crippen molar-refractivity contribution in [3.05, 3.63) is 23.3 Å². The van der Waals surface area contributed by atoms with E-state index in [2.05, 4.69) is 0 Å². The molecule has 1 aromatic carbocycles. The van der Waals surface area contributed by atoms with Crippen LogP contribution in [0.2, 0.25) is 0 Å². The number of rotatable bonds is 4. The predicted molar refractivity (Wildman–Crippen MR) is 86.3 cm³/mol. The molecule has 3 aliphatic rings. The number of fused-ring (bicyclic) bond motifs is 4. The zero-order valence-corrected chi connectivity index (χ0v) is 14.6. The van der Waals surface area contributed by atoms with E-state index >= 15 is 0 Å². The van der Waals surface area contributed by atoms with Crippen LogP contribution in [-0.4, -0.2) is 39.6 Å². The lowest BCUT2D eigenvalue weighted by molar-refractivity contribution is -0.122. The van der Waals surface area contributed by atoms with E-state index in [1.54, 1.807) is 6.07 Å². The summed E-state index contributed by atoms with van der Waals surface area (Å²) in [7, 11) is -3.56. The molecule has 134 valence electrons. The van der Waals surface area contributed by atoms with Gasteiger partial charge in [-0.3, -0.25) is 13.8 Å². The zero-order valence-electron chi connectivity index (χ0n) is 13.7. The van der Waals surface area contributed by atoms with Gasteiger partial charge in [0.25, 0.3) is 10.1 Å². The smallest absolute Gasteiger partial charge is 0.264 e. The Balaban J connectivity index is 1.76. The number of ether oxygens (including phenoxy) is 2. The van der Waals surface area contributed by atoms with E-state index in [1.165, 1.54) is 0 Å². The molecule has 1 saturated carbocycles. The molecule has 1 heterocycles. The van der Waals surface area contributed by atoms with E-state index in [0.29, 0.717) is 36.3 Å². The van der Waals surface area contributed by atoms with Gasteiger partial charge in [-0.25, -0.2) is 0 Å². The van der Waals surface area contributed by atoms with E-state index < -0.39 is 21.5 Å². The van der Waals surface area contributed by atoms with Gasteiger partial charge in [-0.2, -0.15) is 8.42 Å². The summed E-state index contributed by atoms with van der Waals surface area (Å²) in [5.41, 5.74) is 0.770.